The maximum Gasteiger partial charge on any atom is 0.169 e. The van der Waals surface area contributed by atoms with Crippen molar-refractivity contribution >= 4 is 35.0 Å². The van der Waals surface area contributed by atoms with Gasteiger partial charge in [-0.15, -0.1) is 0 Å². The number of hydrogen-bond donors (Lipinski definition) is 1. The molecule has 0 saturated heterocycles. The van der Waals surface area contributed by atoms with E-state index in [0.29, 0.717) is 28.2 Å². The smallest absolute Gasteiger partial charge is 0.169 e. The van der Waals surface area contributed by atoms with E-state index in [4.69, 9.17) is 17.3 Å². The van der Waals surface area contributed by atoms with Gasteiger partial charge < -0.3 is 5.73 Å². The molecule has 0 fully saturated rings. The van der Waals surface area contributed by atoms with Crippen molar-refractivity contribution in [3.8, 4) is 0 Å². The van der Waals surface area contributed by atoms with Gasteiger partial charge in [-0.3, -0.25) is 4.79 Å². The van der Waals surface area contributed by atoms with Crippen LogP contribution in [0.3, 0.4) is 0 Å². The summed E-state index contributed by atoms with van der Waals surface area (Å²) in [5.41, 5.74) is 7.86. The number of para-hydroxylation sites is 1. The van der Waals surface area contributed by atoms with Gasteiger partial charge in [0.05, 0.1) is 5.69 Å². The zero-order valence-electron chi connectivity index (χ0n) is 9.51. The number of benzene rings is 2. The van der Waals surface area contributed by atoms with Crippen LogP contribution in [-0.2, 0) is 4.79 Å². The number of halogens is 1. The van der Waals surface area contributed by atoms with Crippen LogP contribution in [0.1, 0.15) is 5.56 Å². The van der Waals surface area contributed by atoms with E-state index in [1.165, 1.54) is 0 Å². The molecule has 0 aliphatic carbocycles. The lowest BCUT2D eigenvalue weighted by molar-refractivity contribution is -0.102. The molecular weight excluding hydrogens is 248 g/mol. The zero-order chi connectivity index (χ0) is 13.0. The molecule has 90 valence electrons. The van der Waals surface area contributed by atoms with Gasteiger partial charge in [0.2, 0.25) is 0 Å². The molecule has 3 nitrogen and oxygen atoms in total. The van der Waals surface area contributed by atoms with Gasteiger partial charge in [0.25, 0.3) is 0 Å². The summed E-state index contributed by atoms with van der Waals surface area (Å²) in [6.07, 6.45) is 0.687. The third kappa shape index (κ3) is 2.76. The van der Waals surface area contributed by atoms with Crippen molar-refractivity contribution in [3.05, 3.63) is 59.1 Å². The van der Waals surface area contributed by atoms with E-state index in [1.807, 2.05) is 6.07 Å². The molecule has 0 bridgehead atoms. The van der Waals surface area contributed by atoms with Crippen molar-refractivity contribution < 1.29 is 4.79 Å². The average molecular weight is 259 g/mol. The first kappa shape index (κ1) is 12.3. The zero-order valence-corrected chi connectivity index (χ0v) is 10.3. The van der Waals surface area contributed by atoms with E-state index >= 15 is 0 Å². The van der Waals surface area contributed by atoms with Crippen LogP contribution in [0.2, 0.25) is 5.02 Å². The van der Waals surface area contributed by atoms with E-state index in [2.05, 4.69) is 4.99 Å². The highest BCUT2D eigenvalue weighted by Gasteiger charge is 2.06. The third-order valence-corrected chi connectivity index (χ3v) is 2.64. The van der Waals surface area contributed by atoms with E-state index in [-0.39, 0.29) is 5.71 Å². The molecule has 0 atom stereocenters. The summed E-state index contributed by atoms with van der Waals surface area (Å²) in [5, 5.41) is 0.572. The van der Waals surface area contributed by atoms with Gasteiger partial charge in [0, 0.05) is 16.3 Å². The van der Waals surface area contributed by atoms with E-state index < -0.39 is 0 Å². The van der Waals surface area contributed by atoms with Crippen LogP contribution in [-0.4, -0.2) is 12.0 Å². The van der Waals surface area contributed by atoms with E-state index in [9.17, 15) is 4.79 Å². The molecule has 0 spiro atoms. The Kier molecular flexibility index (Phi) is 3.75. The average Bonchev–Trinajstić information content (AvgIpc) is 2.37. The Balaban J connectivity index is 2.46. The molecule has 4 heteroatoms. The summed E-state index contributed by atoms with van der Waals surface area (Å²) in [5.74, 6) is 0. The standard InChI is InChI=1S/C14H11ClN2O/c15-10-4-3-5-11(8-10)17-14(9-18)12-6-1-2-7-13(12)16/h1-9H,16H2. The Labute approximate surface area is 110 Å². The lowest BCUT2D eigenvalue weighted by Gasteiger charge is -2.04. The first-order chi connectivity index (χ1) is 8.70. The number of aliphatic imine (C=N–C) groups is 1. The number of anilines is 1. The van der Waals surface area contributed by atoms with Crippen LogP contribution in [0.4, 0.5) is 11.4 Å². The Morgan fingerprint density at radius 3 is 2.61 bits per heavy atom. The number of nitrogen functional groups attached to an aromatic ring is 1. The number of hydrogen-bond acceptors (Lipinski definition) is 3. The molecule has 2 aromatic rings. The molecule has 2 aromatic carbocycles. The monoisotopic (exact) mass is 258 g/mol. The predicted molar refractivity (Wildman–Crippen MR) is 74.6 cm³/mol. The number of nitrogens with zero attached hydrogens (tertiary/aromatic N) is 1. The topological polar surface area (TPSA) is 55.5 Å². The maximum absolute atomic E-state index is 11.1. The largest absolute Gasteiger partial charge is 0.398 e. The number of carbonyl (C=O) groups excluding carboxylic acids is 1. The van der Waals surface area contributed by atoms with Gasteiger partial charge in [-0.2, -0.15) is 0 Å². The summed E-state index contributed by atoms with van der Waals surface area (Å²) in [4.78, 5) is 15.4. The van der Waals surface area contributed by atoms with Crippen molar-refractivity contribution in [2.45, 2.75) is 0 Å². The summed E-state index contributed by atoms with van der Waals surface area (Å²) in [6, 6.07) is 14.1. The van der Waals surface area contributed by atoms with E-state index in [0.717, 1.165) is 0 Å². The highest BCUT2D eigenvalue weighted by molar-refractivity contribution is 6.38. The fourth-order valence-corrected chi connectivity index (χ4v) is 1.75. The predicted octanol–water partition coefficient (Wildman–Crippen LogP) is 3.24. The van der Waals surface area contributed by atoms with Gasteiger partial charge in [0.15, 0.2) is 6.29 Å². The highest BCUT2D eigenvalue weighted by atomic mass is 35.5. The SMILES string of the molecule is Nc1ccccc1C(C=O)=Nc1cccc(Cl)c1. The minimum Gasteiger partial charge on any atom is -0.398 e. The summed E-state index contributed by atoms with van der Waals surface area (Å²) in [6.45, 7) is 0. The lowest BCUT2D eigenvalue weighted by atomic mass is 10.1. The molecule has 0 amide bonds. The molecule has 0 aromatic heterocycles. The molecule has 18 heavy (non-hydrogen) atoms. The van der Waals surface area contributed by atoms with Gasteiger partial charge in [-0.1, -0.05) is 35.9 Å². The van der Waals surface area contributed by atoms with Crippen LogP contribution < -0.4 is 5.73 Å². The highest BCUT2D eigenvalue weighted by Crippen LogP contribution is 2.20. The second kappa shape index (κ2) is 5.47. The van der Waals surface area contributed by atoms with Crippen molar-refractivity contribution in [3.63, 3.8) is 0 Å². The minimum absolute atomic E-state index is 0.287. The van der Waals surface area contributed by atoms with Crippen LogP contribution in [0, 0.1) is 0 Å². The normalized spacial score (nSPS) is 11.3. The molecule has 0 saturated carbocycles. The number of carbonyl (C=O) groups is 1. The molecule has 0 radical (unpaired) electrons. The van der Waals surface area contributed by atoms with Crippen LogP contribution >= 0.6 is 11.6 Å². The first-order valence-electron chi connectivity index (χ1n) is 5.35. The van der Waals surface area contributed by atoms with Gasteiger partial charge in [-0.05, 0) is 24.3 Å². The third-order valence-electron chi connectivity index (χ3n) is 2.41. The molecule has 0 aliphatic heterocycles. The van der Waals surface area contributed by atoms with Crippen LogP contribution in [0.5, 0.6) is 0 Å². The van der Waals surface area contributed by atoms with Gasteiger partial charge in [0.1, 0.15) is 5.71 Å². The molecule has 0 aliphatic rings. The quantitative estimate of drug-likeness (QED) is 0.522. The van der Waals surface area contributed by atoms with Crippen LogP contribution in [0.25, 0.3) is 0 Å². The molecule has 2 rings (SSSR count). The van der Waals surface area contributed by atoms with Crippen molar-refractivity contribution in [1.29, 1.82) is 0 Å². The molecular formula is C14H11ClN2O. The summed E-state index contributed by atoms with van der Waals surface area (Å²) >= 11 is 5.87. The van der Waals surface area contributed by atoms with Crippen molar-refractivity contribution in [2.75, 3.05) is 5.73 Å². The second-order valence-electron chi connectivity index (χ2n) is 3.68. The van der Waals surface area contributed by atoms with Crippen LogP contribution in [0.15, 0.2) is 53.5 Å². The maximum atomic E-state index is 11.1. The Morgan fingerprint density at radius 1 is 1.17 bits per heavy atom. The summed E-state index contributed by atoms with van der Waals surface area (Å²) in [7, 11) is 0. The lowest BCUT2D eigenvalue weighted by Crippen LogP contribution is -2.05. The number of nitrogens with two attached hydrogens (primary N) is 1. The molecule has 0 heterocycles. The summed E-state index contributed by atoms with van der Waals surface area (Å²) < 4.78 is 0. The Morgan fingerprint density at radius 2 is 1.94 bits per heavy atom. The molecule has 2 N–H and O–H groups in total. The second-order valence-corrected chi connectivity index (χ2v) is 4.12. The number of aldehydes is 1. The first-order valence-corrected chi connectivity index (χ1v) is 5.73. The van der Waals surface area contributed by atoms with Crippen molar-refractivity contribution in [2.24, 2.45) is 4.99 Å². The van der Waals surface area contributed by atoms with Crippen molar-refractivity contribution in [1.82, 2.24) is 0 Å². The van der Waals surface area contributed by atoms with Gasteiger partial charge in [-0.25, -0.2) is 4.99 Å². The van der Waals surface area contributed by atoms with Gasteiger partial charge >= 0.3 is 0 Å². The fourth-order valence-electron chi connectivity index (χ4n) is 1.57. The Bertz CT molecular complexity index is 608. The molecule has 0 unspecified atom stereocenters. The fraction of sp³-hybridized carbons (Fsp3) is 0. The Hall–Kier alpha value is -2.13. The van der Waals surface area contributed by atoms with E-state index in [1.54, 1.807) is 42.5 Å². The minimum atomic E-state index is 0.287. The number of rotatable bonds is 3.